The third kappa shape index (κ3) is 3.38. The van der Waals surface area contributed by atoms with Crippen LogP contribution in [0.1, 0.15) is 12.8 Å². The third-order valence-corrected chi connectivity index (χ3v) is 3.37. The van der Waals surface area contributed by atoms with E-state index in [-0.39, 0.29) is 18.6 Å². The predicted octanol–water partition coefficient (Wildman–Crippen LogP) is 1.02. The van der Waals surface area contributed by atoms with Crippen LogP contribution >= 0.6 is 0 Å². The number of hydrogen-bond acceptors (Lipinski definition) is 4. The molecule has 0 unspecified atom stereocenters. The van der Waals surface area contributed by atoms with Gasteiger partial charge in [-0.1, -0.05) is 6.07 Å². The SMILES string of the molecule is COc1cccc(OCC(=O)N2CCC[C@@H]2CN)c1. The van der Waals surface area contributed by atoms with Gasteiger partial charge in [-0.2, -0.15) is 0 Å². The van der Waals surface area contributed by atoms with Crippen LogP contribution < -0.4 is 15.2 Å². The molecule has 5 heteroatoms. The zero-order chi connectivity index (χ0) is 13.7. The first-order valence-corrected chi connectivity index (χ1v) is 6.51. The quantitative estimate of drug-likeness (QED) is 0.862. The molecule has 104 valence electrons. The maximum atomic E-state index is 12.1. The molecule has 1 aliphatic rings. The molecule has 1 saturated heterocycles. The standard InChI is InChI=1S/C14H20N2O3/c1-18-12-5-2-6-13(8-12)19-10-14(17)16-7-3-4-11(16)9-15/h2,5-6,8,11H,3-4,7,9-10,15H2,1H3/t11-/m1/s1. The second-order valence-corrected chi connectivity index (χ2v) is 4.59. The minimum absolute atomic E-state index is 0.00392. The van der Waals surface area contributed by atoms with E-state index < -0.39 is 0 Å². The number of rotatable bonds is 5. The lowest BCUT2D eigenvalue weighted by Gasteiger charge is -2.23. The summed E-state index contributed by atoms with van der Waals surface area (Å²) in [6.07, 6.45) is 2.01. The van der Waals surface area contributed by atoms with Crippen LogP contribution in [0.4, 0.5) is 0 Å². The van der Waals surface area contributed by atoms with Crippen molar-refractivity contribution in [3.63, 3.8) is 0 Å². The largest absolute Gasteiger partial charge is 0.497 e. The van der Waals surface area contributed by atoms with Crippen molar-refractivity contribution in [1.82, 2.24) is 4.90 Å². The average molecular weight is 264 g/mol. The van der Waals surface area contributed by atoms with Crippen molar-refractivity contribution < 1.29 is 14.3 Å². The molecule has 1 aliphatic heterocycles. The van der Waals surface area contributed by atoms with Crippen LogP contribution in [-0.4, -0.2) is 43.7 Å². The van der Waals surface area contributed by atoms with E-state index in [9.17, 15) is 4.79 Å². The highest BCUT2D eigenvalue weighted by atomic mass is 16.5. The first-order chi connectivity index (χ1) is 9.24. The van der Waals surface area contributed by atoms with Gasteiger partial charge in [-0.15, -0.1) is 0 Å². The Bertz CT molecular complexity index is 436. The van der Waals surface area contributed by atoms with Crippen LogP contribution in [-0.2, 0) is 4.79 Å². The zero-order valence-electron chi connectivity index (χ0n) is 11.2. The van der Waals surface area contributed by atoms with Crippen LogP contribution in [0.15, 0.2) is 24.3 Å². The summed E-state index contributed by atoms with van der Waals surface area (Å²) in [5, 5.41) is 0. The Hall–Kier alpha value is -1.75. The number of methoxy groups -OCH3 is 1. The molecule has 1 fully saturated rings. The molecule has 2 rings (SSSR count). The fraction of sp³-hybridized carbons (Fsp3) is 0.500. The van der Waals surface area contributed by atoms with E-state index in [1.807, 2.05) is 17.0 Å². The minimum Gasteiger partial charge on any atom is -0.497 e. The van der Waals surface area contributed by atoms with Crippen molar-refractivity contribution in [3.8, 4) is 11.5 Å². The molecule has 1 atom stereocenters. The fourth-order valence-corrected chi connectivity index (χ4v) is 2.33. The van der Waals surface area contributed by atoms with E-state index in [0.717, 1.165) is 19.4 Å². The highest BCUT2D eigenvalue weighted by Crippen LogP contribution is 2.20. The molecule has 5 nitrogen and oxygen atoms in total. The normalized spacial score (nSPS) is 18.4. The summed E-state index contributed by atoms with van der Waals surface area (Å²) in [6, 6.07) is 7.40. The molecule has 1 heterocycles. The lowest BCUT2D eigenvalue weighted by atomic mass is 10.2. The van der Waals surface area contributed by atoms with Crippen LogP contribution in [0.3, 0.4) is 0 Å². The maximum absolute atomic E-state index is 12.1. The van der Waals surface area contributed by atoms with Crippen LogP contribution in [0.25, 0.3) is 0 Å². The highest BCUT2D eigenvalue weighted by molar-refractivity contribution is 5.78. The van der Waals surface area contributed by atoms with Gasteiger partial charge in [0.15, 0.2) is 6.61 Å². The topological polar surface area (TPSA) is 64.8 Å². The second kappa shape index (κ2) is 6.43. The molecule has 19 heavy (non-hydrogen) atoms. The Labute approximate surface area is 113 Å². The van der Waals surface area contributed by atoms with E-state index >= 15 is 0 Å². The summed E-state index contributed by atoms with van der Waals surface area (Å²) < 4.78 is 10.6. The smallest absolute Gasteiger partial charge is 0.260 e. The van der Waals surface area contributed by atoms with Gasteiger partial charge in [-0.3, -0.25) is 4.79 Å². The van der Waals surface area contributed by atoms with Crippen molar-refractivity contribution in [2.24, 2.45) is 5.73 Å². The van der Waals surface area contributed by atoms with E-state index in [4.69, 9.17) is 15.2 Å². The summed E-state index contributed by atoms with van der Waals surface area (Å²) in [4.78, 5) is 13.9. The van der Waals surface area contributed by atoms with Gasteiger partial charge in [0.25, 0.3) is 5.91 Å². The molecule has 0 aromatic heterocycles. The van der Waals surface area contributed by atoms with Gasteiger partial charge in [-0.25, -0.2) is 0 Å². The monoisotopic (exact) mass is 264 g/mol. The van der Waals surface area contributed by atoms with Gasteiger partial charge in [0.05, 0.1) is 7.11 Å². The average Bonchev–Trinajstić information content (AvgIpc) is 2.93. The first kappa shape index (κ1) is 13.7. The number of likely N-dealkylation sites (tertiary alicyclic amines) is 1. The minimum atomic E-state index is -0.00392. The fourth-order valence-electron chi connectivity index (χ4n) is 2.33. The van der Waals surface area contributed by atoms with Gasteiger partial charge in [0.1, 0.15) is 11.5 Å². The molecular formula is C14H20N2O3. The molecule has 1 aromatic carbocycles. The Balaban J connectivity index is 1.89. The number of nitrogens with two attached hydrogens (primary N) is 1. The molecule has 0 radical (unpaired) electrons. The molecule has 0 aliphatic carbocycles. The van der Waals surface area contributed by atoms with Crippen molar-refractivity contribution in [3.05, 3.63) is 24.3 Å². The van der Waals surface area contributed by atoms with E-state index in [2.05, 4.69) is 0 Å². The van der Waals surface area contributed by atoms with Crippen LogP contribution in [0.2, 0.25) is 0 Å². The van der Waals surface area contributed by atoms with Crippen molar-refractivity contribution in [1.29, 1.82) is 0 Å². The molecule has 0 spiro atoms. The van der Waals surface area contributed by atoms with Crippen LogP contribution in [0.5, 0.6) is 11.5 Å². The van der Waals surface area contributed by atoms with E-state index in [0.29, 0.717) is 18.0 Å². The number of benzene rings is 1. The molecule has 2 N–H and O–H groups in total. The third-order valence-electron chi connectivity index (χ3n) is 3.37. The number of carbonyl (C=O) groups is 1. The van der Waals surface area contributed by atoms with Crippen molar-refractivity contribution in [2.45, 2.75) is 18.9 Å². The number of carbonyl (C=O) groups excluding carboxylic acids is 1. The van der Waals surface area contributed by atoms with Gasteiger partial charge >= 0.3 is 0 Å². The number of amides is 1. The molecule has 1 aromatic rings. The summed E-state index contributed by atoms with van der Waals surface area (Å²) in [5.41, 5.74) is 5.66. The van der Waals surface area contributed by atoms with Gasteiger partial charge < -0.3 is 20.1 Å². The lowest BCUT2D eigenvalue weighted by molar-refractivity contribution is -0.134. The highest BCUT2D eigenvalue weighted by Gasteiger charge is 2.27. The zero-order valence-corrected chi connectivity index (χ0v) is 11.2. The number of hydrogen-bond donors (Lipinski definition) is 1. The summed E-state index contributed by atoms with van der Waals surface area (Å²) in [6.45, 7) is 1.34. The van der Waals surface area contributed by atoms with Crippen LogP contribution in [0, 0.1) is 0 Å². The summed E-state index contributed by atoms with van der Waals surface area (Å²) in [7, 11) is 1.60. The Kier molecular flexibility index (Phi) is 4.63. The Morgan fingerprint density at radius 1 is 1.47 bits per heavy atom. The second-order valence-electron chi connectivity index (χ2n) is 4.59. The Morgan fingerprint density at radius 3 is 3.00 bits per heavy atom. The van der Waals surface area contributed by atoms with Gasteiger partial charge in [-0.05, 0) is 25.0 Å². The van der Waals surface area contributed by atoms with Gasteiger partial charge in [0, 0.05) is 25.2 Å². The van der Waals surface area contributed by atoms with E-state index in [1.54, 1.807) is 19.2 Å². The Morgan fingerprint density at radius 2 is 2.26 bits per heavy atom. The van der Waals surface area contributed by atoms with Crippen molar-refractivity contribution >= 4 is 5.91 Å². The predicted molar refractivity (Wildman–Crippen MR) is 72.3 cm³/mol. The molecule has 0 bridgehead atoms. The van der Waals surface area contributed by atoms with Crippen molar-refractivity contribution in [2.75, 3.05) is 26.8 Å². The summed E-state index contributed by atoms with van der Waals surface area (Å²) >= 11 is 0. The summed E-state index contributed by atoms with van der Waals surface area (Å²) in [5.74, 6) is 1.35. The number of nitrogens with zero attached hydrogens (tertiary/aromatic N) is 1. The molecule has 1 amide bonds. The first-order valence-electron chi connectivity index (χ1n) is 6.51. The maximum Gasteiger partial charge on any atom is 0.260 e. The van der Waals surface area contributed by atoms with E-state index in [1.165, 1.54) is 0 Å². The lowest BCUT2D eigenvalue weighted by Crippen LogP contribution is -2.42. The van der Waals surface area contributed by atoms with Gasteiger partial charge in [0.2, 0.25) is 0 Å². The number of ether oxygens (including phenoxy) is 2. The molecular weight excluding hydrogens is 244 g/mol. The molecule has 0 saturated carbocycles.